The minimum Gasteiger partial charge on any atom is -0.349 e. The molecular weight excluding hydrogens is 326 g/mol. The molecule has 3 aromatic rings. The van der Waals surface area contributed by atoms with Crippen molar-refractivity contribution in [3.63, 3.8) is 0 Å². The van der Waals surface area contributed by atoms with E-state index in [9.17, 15) is 4.79 Å². The summed E-state index contributed by atoms with van der Waals surface area (Å²) in [6.07, 6.45) is 6.25. The SMILES string of the molecule is CCc1ncnn1-c1cc(C(=O)NC2CC2)cc(-c2ccc(C)cn2)c1. The van der Waals surface area contributed by atoms with Crippen LogP contribution < -0.4 is 5.32 Å². The van der Waals surface area contributed by atoms with Crippen LogP contribution in [0.4, 0.5) is 0 Å². The normalized spacial score (nSPS) is 13.6. The largest absolute Gasteiger partial charge is 0.349 e. The van der Waals surface area contributed by atoms with E-state index >= 15 is 0 Å². The van der Waals surface area contributed by atoms with Gasteiger partial charge in [0.2, 0.25) is 0 Å². The second kappa shape index (κ2) is 6.71. The maximum absolute atomic E-state index is 12.6. The van der Waals surface area contributed by atoms with Crippen LogP contribution in [0.1, 0.15) is 41.5 Å². The smallest absolute Gasteiger partial charge is 0.251 e. The fourth-order valence-electron chi connectivity index (χ4n) is 2.87. The van der Waals surface area contributed by atoms with E-state index in [2.05, 4.69) is 20.4 Å². The van der Waals surface area contributed by atoms with Gasteiger partial charge in [0.15, 0.2) is 0 Å². The van der Waals surface area contributed by atoms with Gasteiger partial charge in [-0.2, -0.15) is 5.10 Å². The van der Waals surface area contributed by atoms with Gasteiger partial charge in [-0.15, -0.1) is 0 Å². The first-order valence-corrected chi connectivity index (χ1v) is 8.92. The molecule has 0 spiro atoms. The number of aryl methyl sites for hydroxylation is 2. The Bertz CT molecular complexity index is 941. The molecule has 0 radical (unpaired) electrons. The summed E-state index contributed by atoms with van der Waals surface area (Å²) in [4.78, 5) is 21.4. The molecule has 6 nitrogen and oxygen atoms in total. The summed E-state index contributed by atoms with van der Waals surface area (Å²) >= 11 is 0. The number of carbonyl (C=O) groups is 1. The molecule has 1 amide bonds. The third-order valence-corrected chi connectivity index (χ3v) is 4.48. The van der Waals surface area contributed by atoms with E-state index in [1.807, 2.05) is 50.4 Å². The number of aromatic nitrogens is 4. The molecule has 2 heterocycles. The average Bonchev–Trinajstić information content (AvgIpc) is 3.34. The van der Waals surface area contributed by atoms with Crippen molar-refractivity contribution in [2.75, 3.05) is 0 Å². The Labute approximate surface area is 152 Å². The molecule has 0 bridgehead atoms. The van der Waals surface area contributed by atoms with E-state index in [1.165, 1.54) is 0 Å². The summed E-state index contributed by atoms with van der Waals surface area (Å²) in [6.45, 7) is 4.04. The van der Waals surface area contributed by atoms with Crippen molar-refractivity contribution in [1.29, 1.82) is 0 Å². The van der Waals surface area contributed by atoms with Crippen molar-refractivity contribution < 1.29 is 4.79 Å². The van der Waals surface area contributed by atoms with Crippen LogP contribution in [0.25, 0.3) is 16.9 Å². The molecular formula is C20H21N5O. The molecule has 1 aliphatic rings. The summed E-state index contributed by atoms with van der Waals surface area (Å²) in [5, 5.41) is 7.39. The van der Waals surface area contributed by atoms with Gasteiger partial charge in [-0.25, -0.2) is 9.67 Å². The maximum Gasteiger partial charge on any atom is 0.251 e. The molecule has 0 atom stereocenters. The van der Waals surface area contributed by atoms with Gasteiger partial charge in [0.25, 0.3) is 5.91 Å². The second-order valence-electron chi connectivity index (χ2n) is 6.68. The molecule has 0 saturated heterocycles. The van der Waals surface area contributed by atoms with E-state index in [4.69, 9.17) is 0 Å². The molecule has 6 heteroatoms. The summed E-state index contributed by atoms with van der Waals surface area (Å²) in [6, 6.07) is 10.1. The van der Waals surface area contributed by atoms with Crippen LogP contribution in [-0.2, 0) is 6.42 Å². The monoisotopic (exact) mass is 347 g/mol. The van der Waals surface area contributed by atoms with E-state index in [0.717, 1.165) is 47.6 Å². The van der Waals surface area contributed by atoms with Crippen molar-refractivity contribution in [1.82, 2.24) is 25.1 Å². The summed E-state index contributed by atoms with van der Waals surface area (Å²) < 4.78 is 1.78. The van der Waals surface area contributed by atoms with Crippen LogP contribution in [-0.4, -0.2) is 31.7 Å². The van der Waals surface area contributed by atoms with Gasteiger partial charge in [-0.05, 0) is 49.6 Å². The number of hydrogen-bond donors (Lipinski definition) is 1. The number of nitrogens with zero attached hydrogens (tertiary/aromatic N) is 4. The third kappa shape index (κ3) is 3.35. The first kappa shape index (κ1) is 16.4. The number of rotatable bonds is 5. The Kier molecular flexibility index (Phi) is 4.24. The summed E-state index contributed by atoms with van der Waals surface area (Å²) in [7, 11) is 0. The topological polar surface area (TPSA) is 72.7 Å². The van der Waals surface area contributed by atoms with E-state index < -0.39 is 0 Å². The summed E-state index contributed by atoms with van der Waals surface area (Å²) in [5.41, 5.74) is 4.25. The van der Waals surface area contributed by atoms with Crippen molar-refractivity contribution in [3.05, 3.63) is 59.8 Å². The summed E-state index contributed by atoms with van der Waals surface area (Å²) in [5.74, 6) is 0.799. The first-order chi connectivity index (χ1) is 12.6. The van der Waals surface area contributed by atoms with Gasteiger partial charge >= 0.3 is 0 Å². The van der Waals surface area contributed by atoms with Gasteiger partial charge in [0.1, 0.15) is 12.2 Å². The molecule has 4 rings (SSSR count). The molecule has 1 aliphatic carbocycles. The molecule has 1 N–H and O–H groups in total. The van der Waals surface area contributed by atoms with E-state index in [1.54, 1.807) is 11.0 Å². The average molecular weight is 347 g/mol. The van der Waals surface area contributed by atoms with Gasteiger partial charge in [0, 0.05) is 29.8 Å². The molecule has 0 unspecified atom stereocenters. The highest BCUT2D eigenvalue weighted by Gasteiger charge is 2.24. The fraction of sp³-hybridized carbons (Fsp3) is 0.300. The van der Waals surface area contributed by atoms with Gasteiger partial charge in [-0.3, -0.25) is 9.78 Å². The highest BCUT2D eigenvalue weighted by Crippen LogP contribution is 2.25. The van der Waals surface area contributed by atoms with Crippen LogP contribution >= 0.6 is 0 Å². The molecule has 0 aliphatic heterocycles. The Hall–Kier alpha value is -3.02. The zero-order valence-corrected chi connectivity index (χ0v) is 14.9. The number of amides is 1. The van der Waals surface area contributed by atoms with Crippen molar-refractivity contribution in [2.24, 2.45) is 0 Å². The quantitative estimate of drug-likeness (QED) is 0.770. The Balaban J connectivity index is 1.80. The molecule has 26 heavy (non-hydrogen) atoms. The molecule has 132 valence electrons. The number of carbonyl (C=O) groups excluding carboxylic acids is 1. The van der Waals surface area contributed by atoms with Crippen LogP contribution in [0, 0.1) is 6.92 Å². The molecule has 1 aromatic carbocycles. The number of pyridine rings is 1. The zero-order chi connectivity index (χ0) is 18.1. The number of hydrogen-bond acceptors (Lipinski definition) is 4. The second-order valence-corrected chi connectivity index (χ2v) is 6.68. The van der Waals surface area contributed by atoms with E-state index in [-0.39, 0.29) is 5.91 Å². The van der Waals surface area contributed by atoms with Crippen molar-refractivity contribution in [2.45, 2.75) is 39.2 Å². The van der Waals surface area contributed by atoms with Crippen molar-refractivity contribution in [3.8, 4) is 16.9 Å². The standard InChI is InChI=1S/C20H21N5O/c1-3-19-22-12-23-25(19)17-9-14(18-7-4-13(2)11-21-18)8-15(10-17)20(26)24-16-5-6-16/h4,7-12,16H,3,5-6H2,1-2H3,(H,24,26). The zero-order valence-electron chi connectivity index (χ0n) is 14.9. The van der Waals surface area contributed by atoms with Crippen LogP contribution in [0.2, 0.25) is 0 Å². The fourth-order valence-corrected chi connectivity index (χ4v) is 2.87. The Morgan fingerprint density at radius 3 is 2.77 bits per heavy atom. The molecule has 1 saturated carbocycles. The number of nitrogens with one attached hydrogen (secondary N) is 1. The first-order valence-electron chi connectivity index (χ1n) is 8.92. The van der Waals surface area contributed by atoms with Crippen LogP contribution in [0.15, 0.2) is 42.9 Å². The van der Waals surface area contributed by atoms with Crippen molar-refractivity contribution >= 4 is 5.91 Å². The highest BCUT2D eigenvalue weighted by molar-refractivity contribution is 5.96. The minimum absolute atomic E-state index is 0.0547. The lowest BCUT2D eigenvalue weighted by molar-refractivity contribution is 0.0951. The predicted molar refractivity (Wildman–Crippen MR) is 99.2 cm³/mol. The lowest BCUT2D eigenvalue weighted by Crippen LogP contribution is -2.25. The number of benzene rings is 1. The predicted octanol–water partition coefficient (Wildman–Crippen LogP) is 3.09. The van der Waals surface area contributed by atoms with Crippen LogP contribution in [0.5, 0.6) is 0 Å². The van der Waals surface area contributed by atoms with Gasteiger partial charge in [0.05, 0.1) is 11.4 Å². The van der Waals surface area contributed by atoms with E-state index in [0.29, 0.717) is 11.6 Å². The van der Waals surface area contributed by atoms with Crippen LogP contribution in [0.3, 0.4) is 0 Å². The maximum atomic E-state index is 12.6. The van der Waals surface area contributed by atoms with Gasteiger partial charge in [-0.1, -0.05) is 13.0 Å². The highest BCUT2D eigenvalue weighted by atomic mass is 16.1. The third-order valence-electron chi connectivity index (χ3n) is 4.48. The minimum atomic E-state index is -0.0547. The lowest BCUT2D eigenvalue weighted by atomic mass is 10.0. The molecule has 2 aromatic heterocycles. The van der Waals surface area contributed by atoms with Gasteiger partial charge < -0.3 is 5.32 Å². The lowest BCUT2D eigenvalue weighted by Gasteiger charge is -2.11. The Morgan fingerprint density at radius 2 is 2.08 bits per heavy atom. The Morgan fingerprint density at radius 1 is 1.23 bits per heavy atom. The molecule has 1 fully saturated rings.